The van der Waals surface area contributed by atoms with Crippen molar-refractivity contribution in [2.24, 2.45) is 0 Å². The molecule has 3 aliphatic rings. The first-order valence-electron chi connectivity index (χ1n) is 9.14. The van der Waals surface area contributed by atoms with Gasteiger partial charge in [0, 0.05) is 23.6 Å². The minimum Gasteiger partial charge on any atom is -0.493 e. The molecule has 0 radical (unpaired) electrons. The summed E-state index contributed by atoms with van der Waals surface area (Å²) in [6.07, 6.45) is 7.24. The molecule has 2 aromatic rings. The molecule has 0 fully saturated rings. The summed E-state index contributed by atoms with van der Waals surface area (Å²) >= 11 is 0. The van der Waals surface area contributed by atoms with Gasteiger partial charge in [-0.3, -0.25) is 4.48 Å². The number of hydrogen-bond acceptors (Lipinski definition) is 2. The van der Waals surface area contributed by atoms with Crippen molar-refractivity contribution in [3.63, 3.8) is 0 Å². The number of methoxy groups -OCH3 is 2. The second kappa shape index (κ2) is 5.12. The summed E-state index contributed by atoms with van der Waals surface area (Å²) in [6.45, 7) is 1.06. The van der Waals surface area contributed by atoms with Gasteiger partial charge in [0.1, 0.15) is 5.70 Å². The first-order valence-corrected chi connectivity index (χ1v) is 9.14. The molecule has 5 rings (SSSR count). The van der Waals surface area contributed by atoms with E-state index in [1.807, 2.05) is 6.07 Å². The molecule has 0 N–H and O–H groups in total. The molecule has 1 atom stereocenters. The van der Waals surface area contributed by atoms with E-state index in [4.69, 9.17) is 9.47 Å². The zero-order chi connectivity index (χ0) is 17.2. The lowest BCUT2D eigenvalue weighted by Gasteiger charge is -2.38. The van der Waals surface area contributed by atoms with Gasteiger partial charge in [-0.05, 0) is 54.2 Å². The SMILES string of the molecule is COc1ccc2c(c1OC)[N+]1(C)CCc3cc4c(cc3C1=C2)CCC4. The topological polar surface area (TPSA) is 18.5 Å². The number of rotatable bonds is 2. The second-order valence-corrected chi connectivity index (χ2v) is 7.57. The fraction of sp³-hybridized carbons (Fsp3) is 0.364. The molecule has 0 saturated heterocycles. The highest BCUT2D eigenvalue weighted by Crippen LogP contribution is 2.54. The maximum absolute atomic E-state index is 5.78. The fourth-order valence-electron chi connectivity index (χ4n) is 5.00. The lowest BCUT2D eigenvalue weighted by molar-refractivity contribution is 0.343. The van der Waals surface area contributed by atoms with Gasteiger partial charge in [-0.1, -0.05) is 6.07 Å². The number of likely N-dealkylation sites (N-methyl/N-ethyl adjacent to an activating group) is 1. The molecular weight excluding hydrogens is 310 g/mol. The third-order valence-electron chi connectivity index (χ3n) is 6.29. The number of quaternary nitrogens is 1. The van der Waals surface area contributed by atoms with Crippen LogP contribution in [0.1, 0.15) is 34.2 Å². The summed E-state index contributed by atoms with van der Waals surface area (Å²) in [5, 5.41) is 0. The minimum atomic E-state index is 0.807. The number of aryl methyl sites for hydroxylation is 2. The number of hydrogen-bond donors (Lipinski definition) is 0. The molecular formula is C22H24NO2+. The predicted octanol–water partition coefficient (Wildman–Crippen LogP) is 4.20. The molecule has 1 unspecified atom stereocenters. The van der Waals surface area contributed by atoms with E-state index in [0.29, 0.717) is 0 Å². The molecule has 2 heterocycles. The summed E-state index contributed by atoms with van der Waals surface area (Å²) in [4.78, 5) is 0. The molecule has 128 valence electrons. The van der Waals surface area contributed by atoms with Crippen LogP contribution < -0.4 is 14.0 Å². The van der Waals surface area contributed by atoms with Crippen LogP contribution in [-0.2, 0) is 19.3 Å². The lowest BCUT2D eigenvalue weighted by Crippen LogP contribution is -2.46. The van der Waals surface area contributed by atoms with Crippen LogP contribution in [0.2, 0.25) is 0 Å². The van der Waals surface area contributed by atoms with Crippen LogP contribution in [0, 0.1) is 0 Å². The fourth-order valence-corrected chi connectivity index (χ4v) is 5.00. The van der Waals surface area contributed by atoms with E-state index in [0.717, 1.165) is 28.9 Å². The zero-order valence-corrected chi connectivity index (χ0v) is 15.2. The summed E-state index contributed by atoms with van der Waals surface area (Å²) in [5.41, 5.74) is 9.97. The Morgan fingerprint density at radius 3 is 2.48 bits per heavy atom. The zero-order valence-electron chi connectivity index (χ0n) is 15.2. The number of fused-ring (bicyclic) bond motifs is 6. The molecule has 0 bridgehead atoms. The van der Waals surface area contributed by atoms with Gasteiger partial charge in [-0.15, -0.1) is 0 Å². The first-order chi connectivity index (χ1) is 12.2. The van der Waals surface area contributed by atoms with Crippen molar-refractivity contribution in [3.05, 3.63) is 52.1 Å². The Bertz CT molecular complexity index is 928. The first kappa shape index (κ1) is 15.0. The third kappa shape index (κ3) is 1.90. The van der Waals surface area contributed by atoms with E-state index in [-0.39, 0.29) is 0 Å². The Kier molecular flexibility index (Phi) is 3.08. The van der Waals surface area contributed by atoms with Crippen LogP contribution in [-0.4, -0.2) is 27.8 Å². The van der Waals surface area contributed by atoms with E-state index in [1.54, 1.807) is 25.3 Å². The van der Waals surface area contributed by atoms with Crippen molar-refractivity contribution >= 4 is 17.5 Å². The Balaban J connectivity index is 1.72. The van der Waals surface area contributed by atoms with E-state index >= 15 is 0 Å². The second-order valence-electron chi connectivity index (χ2n) is 7.57. The van der Waals surface area contributed by atoms with E-state index < -0.39 is 0 Å². The average Bonchev–Trinajstić information content (AvgIpc) is 3.20. The number of ether oxygens (including phenoxy) is 2. The molecule has 0 aromatic heterocycles. The van der Waals surface area contributed by atoms with Gasteiger partial charge in [0.05, 0.1) is 27.8 Å². The Morgan fingerprint density at radius 2 is 1.72 bits per heavy atom. The average molecular weight is 334 g/mol. The minimum absolute atomic E-state index is 0.807. The van der Waals surface area contributed by atoms with Gasteiger partial charge in [0.25, 0.3) is 0 Å². The van der Waals surface area contributed by atoms with Gasteiger partial charge in [-0.2, -0.15) is 0 Å². The number of nitrogens with zero attached hydrogens (tertiary/aromatic N) is 1. The Morgan fingerprint density at radius 1 is 0.920 bits per heavy atom. The Hall–Kier alpha value is -2.26. The largest absolute Gasteiger partial charge is 0.493 e. The van der Waals surface area contributed by atoms with Crippen molar-refractivity contribution in [1.82, 2.24) is 4.48 Å². The van der Waals surface area contributed by atoms with Crippen LogP contribution >= 0.6 is 0 Å². The van der Waals surface area contributed by atoms with Gasteiger partial charge in [0.15, 0.2) is 11.4 Å². The third-order valence-corrected chi connectivity index (χ3v) is 6.29. The maximum atomic E-state index is 5.78. The molecule has 0 amide bonds. The van der Waals surface area contributed by atoms with Gasteiger partial charge in [-0.25, -0.2) is 0 Å². The molecule has 0 spiro atoms. The highest BCUT2D eigenvalue weighted by atomic mass is 16.5. The molecule has 25 heavy (non-hydrogen) atoms. The van der Waals surface area contributed by atoms with Gasteiger partial charge >= 0.3 is 0 Å². The van der Waals surface area contributed by atoms with Crippen LogP contribution in [0.15, 0.2) is 24.3 Å². The van der Waals surface area contributed by atoms with Crippen LogP contribution in [0.4, 0.5) is 5.69 Å². The van der Waals surface area contributed by atoms with Gasteiger partial charge < -0.3 is 9.47 Å². The molecule has 3 nitrogen and oxygen atoms in total. The highest BCUT2D eigenvalue weighted by molar-refractivity contribution is 6.00. The summed E-state index contributed by atoms with van der Waals surface area (Å²) in [5.74, 6) is 1.69. The maximum Gasteiger partial charge on any atom is 0.223 e. The summed E-state index contributed by atoms with van der Waals surface area (Å²) in [7, 11) is 5.77. The van der Waals surface area contributed by atoms with Crippen molar-refractivity contribution in [3.8, 4) is 11.5 Å². The van der Waals surface area contributed by atoms with Crippen LogP contribution in [0.3, 0.4) is 0 Å². The molecule has 3 heteroatoms. The molecule has 1 aliphatic carbocycles. The highest BCUT2D eigenvalue weighted by Gasteiger charge is 2.45. The van der Waals surface area contributed by atoms with E-state index in [2.05, 4.69) is 31.3 Å². The summed E-state index contributed by atoms with van der Waals surface area (Å²) in [6, 6.07) is 9.12. The van der Waals surface area contributed by atoms with E-state index in [9.17, 15) is 0 Å². The van der Waals surface area contributed by atoms with Crippen molar-refractivity contribution in [2.75, 3.05) is 27.8 Å². The molecule has 2 aliphatic heterocycles. The smallest absolute Gasteiger partial charge is 0.223 e. The van der Waals surface area contributed by atoms with Crippen molar-refractivity contribution in [1.29, 1.82) is 0 Å². The summed E-state index contributed by atoms with van der Waals surface area (Å²) < 4.78 is 12.1. The van der Waals surface area contributed by atoms with Crippen LogP contribution in [0.5, 0.6) is 11.5 Å². The monoisotopic (exact) mass is 334 g/mol. The van der Waals surface area contributed by atoms with Crippen LogP contribution in [0.25, 0.3) is 11.8 Å². The van der Waals surface area contributed by atoms with Crippen molar-refractivity contribution in [2.45, 2.75) is 25.7 Å². The predicted molar refractivity (Wildman–Crippen MR) is 102 cm³/mol. The molecule has 0 saturated carbocycles. The van der Waals surface area contributed by atoms with Crippen molar-refractivity contribution < 1.29 is 9.47 Å². The normalized spacial score (nSPS) is 22.6. The molecule has 2 aromatic carbocycles. The lowest BCUT2D eigenvalue weighted by atomic mass is 9.91. The Labute approximate surface area is 149 Å². The quantitative estimate of drug-likeness (QED) is 0.767. The number of benzene rings is 2. The van der Waals surface area contributed by atoms with E-state index in [1.165, 1.54) is 47.3 Å². The standard InChI is InChI=1S/C22H24NO2/c1-23-10-9-16-11-14-5-4-6-15(14)12-18(16)19(23)13-17-7-8-20(24-2)22(25-3)21(17)23/h7-8,11-13H,4-6,9-10H2,1-3H3/q+1. The van der Waals surface area contributed by atoms with Gasteiger partial charge in [0.2, 0.25) is 5.75 Å².